The second kappa shape index (κ2) is 9.97. The van der Waals surface area contributed by atoms with Crippen LogP contribution in [0, 0.1) is 6.92 Å². The maximum atomic E-state index is 12.9. The van der Waals surface area contributed by atoms with Crippen LogP contribution in [0.4, 0.5) is 11.4 Å². The van der Waals surface area contributed by atoms with E-state index in [1.807, 2.05) is 30.3 Å². The van der Waals surface area contributed by atoms with Gasteiger partial charge in [0.05, 0.1) is 31.6 Å². The molecule has 0 unspecified atom stereocenters. The number of rotatable bonds is 8. The number of carbonyl (C=O) groups excluding carboxylic acids is 2. The number of nitrogens with one attached hydrogen (secondary N) is 2. The lowest BCUT2D eigenvalue weighted by Crippen LogP contribution is -2.36. The molecule has 3 aromatic rings. The van der Waals surface area contributed by atoms with Gasteiger partial charge in [0.25, 0.3) is 5.56 Å². The second-order valence-corrected chi connectivity index (χ2v) is 7.43. The van der Waals surface area contributed by atoms with Crippen LogP contribution in [0.5, 0.6) is 5.75 Å². The van der Waals surface area contributed by atoms with Crippen LogP contribution in [0.25, 0.3) is 5.69 Å². The fourth-order valence-corrected chi connectivity index (χ4v) is 3.31. The first-order valence-corrected chi connectivity index (χ1v) is 10.1. The summed E-state index contributed by atoms with van der Waals surface area (Å²) < 4.78 is 8.28. The lowest BCUT2D eigenvalue weighted by molar-refractivity contribution is -0.119. The Bertz CT molecular complexity index is 1150. The summed E-state index contributed by atoms with van der Waals surface area (Å²) >= 11 is 0. The van der Waals surface area contributed by atoms with E-state index in [-0.39, 0.29) is 36.2 Å². The first kappa shape index (κ1) is 22.8. The molecule has 1 heterocycles. The number of hydrogen-bond acceptors (Lipinski definition) is 5. The summed E-state index contributed by atoms with van der Waals surface area (Å²) in [5.41, 5.74) is 1.87. The topological polar surface area (TPSA) is 97.6 Å². The number of likely N-dealkylation sites (N-methyl/N-ethyl adjacent to an activating group) is 1. The van der Waals surface area contributed by atoms with Crippen LogP contribution in [0.3, 0.4) is 0 Å². The molecule has 2 aromatic carbocycles. The van der Waals surface area contributed by atoms with Crippen molar-refractivity contribution in [3.8, 4) is 11.4 Å². The molecule has 0 aliphatic carbocycles. The lowest BCUT2D eigenvalue weighted by Gasteiger charge is -2.16. The Hall–Kier alpha value is -3.85. The summed E-state index contributed by atoms with van der Waals surface area (Å²) in [5.74, 6) is 0.0582. The quantitative estimate of drug-likeness (QED) is 0.562. The predicted molar refractivity (Wildman–Crippen MR) is 123 cm³/mol. The molecule has 0 aliphatic heterocycles. The molecule has 0 fully saturated rings. The third-order valence-corrected chi connectivity index (χ3v) is 5.02. The van der Waals surface area contributed by atoms with E-state index in [2.05, 4.69) is 10.6 Å². The van der Waals surface area contributed by atoms with Crippen molar-refractivity contribution in [2.75, 3.05) is 37.9 Å². The SMILES string of the molecule is COc1ccc(NC(=O)CN(C)CC(=O)Nc2c(C)n(C)n(-c3ccccc3)c2=O)cc1. The van der Waals surface area contributed by atoms with Gasteiger partial charge in [-0.05, 0) is 50.4 Å². The van der Waals surface area contributed by atoms with Crippen molar-refractivity contribution in [1.29, 1.82) is 0 Å². The Labute approximate surface area is 186 Å². The summed E-state index contributed by atoms with van der Waals surface area (Å²) in [6, 6.07) is 16.2. The standard InChI is InChI=1S/C23H27N5O4/c1-16-22(23(31)28(27(16)3)18-8-6-5-7-9-18)25-21(30)15-26(2)14-20(29)24-17-10-12-19(32-4)13-11-17/h5-13H,14-15H2,1-4H3,(H,24,29)(H,25,30). The van der Waals surface area contributed by atoms with Gasteiger partial charge < -0.3 is 15.4 Å². The Kier molecular flexibility index (Phi) is 7.11. The predicted octanol–water partition coefficient (Wildman–Crippen LogP) is 2.00. The highest BCUT2D eigenvalue weighted by molar-refractivity contribution is 5.94. The van der Waals surface area contributed by atoms with E-state index in [1.165, 1.54) is 4.68 Å². The van der Waals surface area contributed by atoms with Crippen molar-refractivity contribution < 1.29 is 14.3 Å². The van der Waals surface area contributed by atoms with Crippen molar-refractivity contribution in [3.05, 3.63) is 70.6 Å². The van der Waals surface area contributed by atoms with Crippen molar-refractivity contribution in [1.82, 2.24) is 14.3 Å². The van der Waals surface area contributed by atoms with Crippen LogP contribution in [-0.4, -0.2) is 53.3 Å². The van der Waals surface area contributed by atoms with E-state index in [4.69, 9.17) is 4.74 Å². The van der Waals surface area contributed by atoms with Gasteiger partial charge in [-0.25, -0.2) is 4.68 Å². The molecule has 2 amide bonds. The molecule has 9 heteroatoms. The molecule has 2 N–H and O–H groups in total. The van der Waals surface area contributed by atoms with Crippen molar-refractivity contribution in [3.63, 3.8) is 0 Å². The Morgan fingerprint density at radius 2 is 1.56 bits per heavy atom. The monoisotopic (exact) mass is 437 g/mol. The molecule has 0 aliphatic rings. The van der Waals surface area contributed by atoms with E-state index in [0.717, 1.165) is 0 Å². The van der Waals surface area contributed by atoms with Gasteiger partial charge in [-0.2, -0.15) is 0 Å². The van der Waals surface area contributed by atoms with E-state index >= 15 is 0 Å². The zero-order valence-corrected chi connectivity index (χ0v) is 18.6. The number of aromatic nitrogens is 2. The first-order valence-electron chi connectivity index (χ1n) is 10.1. The van der Waals surface area contributed by atoms with Crippen LogP contribution in [0.1, 0.15) is 5.69 Å². The van der Waals surface area contributed by atoms with Gasteiger partial charge in [-0.1, -0.05) is 18.2 Å². The summed E-state index contributed by atoms with van der Waals surface area (Å²) in [6.45, 7) is 1.74. The third-order valence-electron chi connectivity index (χ3n) is 5.02. The molecule has 0 saturated carbocycles. The van der Waals surface area contributed by atoms with Gasteiger partial charge in [-0.15, -0.1) is 0 Å². The zero-order chi connectivity index (χ0) is 23.3. The Morgan fingerprint density at radius 1 is 0.969 bits per heavy atom. The average molecular weight is 438 g/mol. The number of para-hydroxylation sites is 1. The van der Waals surface area contributed by atoms with Gasteiger partial charge in [0.1, 0.15) is 11.4 Å². The number of nitrogens with zero attached hydrogens (tertiary/aromatic N) is 3. The minimum atomic E-state index is -0.379. The summed E-state index contributed by atoms with van der Waals surface area (Å²) in [7, 11) is 4.99. The minimum absolute atomic E-state index is 0.0153. The van der Waals surface area contributed by atoms with Crippen molar-refractivity contribution in [2.45, 2.75) is 6.92 Å². The van der Waals surface area contributed by atoms with Gasteiger partial charge in [-0.3, -0.25) is 24.0 Å². The van der Waals surface area contributed by atoms with Crippen LogP contribution in [0.15, 0.2) is 59.4 Å². The molecule has 0 radical (unpaired) electrons. The fraction of sp³-hybridized carbons (Fsp3) is 0.261. The highest BCUT2D eigenvalue weighted by Crippen LogP contribution is 2.15. The van der Waals surface area contributed by atoms with Crippen LogP contribution < -0.4 is 20.9 Å². The molecule has 9 nitrogen and oxygen atoms in total. The molecular formula is C23H27N5O4. The van der Waals surface area contributed by atoms with Crippen LogP contribution in [0.2, 0.25) is 0 Å². The third kappa shape index (κ3) is 5.25. The lowest BCUT2D eigenvalue weighted by atomic mass is 10.3. The molecule has 168 valence electrons. The number of hydrogen-bond donors (Lipinski definition) is 2. The van der Waals surface area contributed by atoms with Crippen molar-refractivity contribution >= 4 is 23.2 Å². The normalized spacial score (nSPS) is 10.8. The maximum Gasteiger partial charge on any atom is 0.295 e. The van der Waals surface area contributed by atoms with E-state index < -0.39 is 0 Å². The van der Waals surface area contributed by atoms with E-state index in [0.29, 0.717) is 22.8 Å². The Balaban J connectivity index is 1.60. The van der Waals surface area contributed by atoms with Gasteiger partial charge in [0.2, 0.25) is 11.8 Å². The largest absolute Gasteiger partial charge is 0.497 e. The molecule has 1 aromatic heterocycles. The maximum absolute atomic E-state index is 12.9. The summed E-state index contributed by atoms with van der Waals surface area (Å²) in [6.07, 6.45) is 0. The van der Waals surface area contributed by atoms with Gasteiger partial charge in [0.15, 0.2) is 0 Å². The van der Waals surface area contributed by atoms with E-state index in [9.17, 15) is 14.4 Å². The fourth-order valence-electron chi connectivity index (χ4n) is 3.31. The average Bonchev–Trinajstić information content (AvgIpc) is 2.97. The highest BCUT2D eigenvalue weighted by Gasteiger charge is 2.19. The smallest absolute Gasteiger partial charge is 0.295 e. The highest BCUT2D eigenvalue weighted by atomic mass is 16.5. The zero-order valence-electron chi connectivity index (χ0n) is 18.6. The van der Waals surface area contributed by atoms with Crippen molar-refractivity contribution in [2.24, 2.45) is 7.05 Å². The minimum Gasteiger partial charge on any atom is -0.497 e. The number of carbonyl (C=O) groups is 2. The van der Waals surface area contributed by atoms with Gasteiger partial charge in [0, 0.05) is 12.7 Å². The van der Waals surface area contributed by atoms with Crippen LogP contribution >= 0.6 is 0 Å². The van der Waals surface area contributed by atoms with Gasteiger partial charge >= 0.3 is 0 Å². The molecule has 0 saturated heterocycles. The molecular weight excluding hydrogens is 410 g/mol. The number of benzene rings is 2. The summed E-state index contributed by atoms with van der Waals surface area (Å²) in [4.78, 5) is 39.3. The second-order valence-electron chi connectivity index (χ2n) is 7.43. The van der Waals surface area contributed by atoms with Crippen LogP contribution in [-0.2, 0) is 16.6 Å². The molecule has 32 heavy (non-hydrogen) atoms. The molecule has 0 bridgehead atoms. The molecule has 0 atom stereocenters. The Morgan fingerprint density at radius 3 is 2.16 bits per heavy atom. The number of methoxy groups -OCH3 is 1. The molecule has 0 spiro atoms. The van der Waals surface area contributed by atoms with E-state index in [1.54, 1.807) is 62.0 Å². The number of ether oxygens (including phenoxy) is 1. The number of amides is 2. The first-order chi connectivity index (χ1) is 15.3. The number of anilines is 2. The molecule has 3 rings (SSSR count). The summed E-state index contributed by atoms with van der Waals surface area (Å²) in [5, 5.41) is 5.47.